The number of aryl methyl sites for hydroxylation is 1. The maximum absolute atomic E-state index is 12.5. The minimum absolute atomic E-state index is 0.110. The second-order valence-corrected chi connectivity index (χ2v) is 6.10. The van der Waals surface area contributed by atoms with Crippen LogP contribution in [0, 0.1) is 0 Å². The molecule has 1 N–H and O–H groups in total. The van der Waals surface area contributed by atoms with E-state index in [1.54, 1.807) is 13.2 Å². The van der Waals surface area contributed by atoms with Gasteiger partial charge in [0, 0.05) is 6.54 Å². The van der Waals surface area contributed by atoms with Crippen LogP contribution in [0.2, 0.25) is 0 Å². The molecule has 0 heterocycles. The van der Waals surface area contributed by atoms with E-state index in [0.29, 0.717) is 31.1 Å². The number of rotatable bonds is 11. The molecule has 0 saturated carbocycles. The Morgan fingerprint density at radius 2 is 1.67 bits per heavy atom. The molecular formula is C22H29NO4. The van der Waals surface area contributed by atoms with Crippen molar-refractivity contribution in [3.63, 3.8) is 0 Å². The molecule has 146 valence electrons. The minimum atomic E-state index is -0.544. The minimum Gasteiger partial charge on any atom is -0.494 e. The van der Waals surface area contributed by atoms with Crippen molar-refractivity contribution in [3.8, 4) is 17.2 Å². The molecular weight excluding hydrogens is 342 g/mol. The van der Waals surface area contributed by atoms with E-state index in [-0.39, 0.29) is 5.91 Å². The Labute approximate surface area is 161 Å². The van der Waals surface area contributed by atoms with Gasteiger partial charge in [0.2, 0.25) is 0 Å². The lowest BCUT2D eigenvalue weighted by atomic mass is 10.1. The summed E-state index contributed by atoms with van der Waals surface area (Å²) in [5.41, 5.74) is 1.16. The van der Waals surface area contributed by atoms with Gasteiger partial charge < -0.3 is 19.5 Å². The number of benzene rings is 2. The van der Waals surface area contributed by atoms with Crippen LogP contribution in [0.5, 0.6) is 17.2 Å². The number of ether oxygens (including phenoxy) is 3. The maximum Gasteiger partial charge on any atom is 0.261 e. The molecule has 0 aliphatic rings. The number of hydrogen-bond acceptors (Lipinski definition) is 4. The Kier molecular flexibility index (Phi) is 8.49. The van der Waals surface area contributed by atoms with Crippen molar-refractivity contribution in [2.75, 3.05) is 20.3 Å². The fourth-order valence-electron chi connectivity index (χ4n) is 2.80. The van der Waals surface area contributed by atoms with Crippen LogP contribution in [0.15, 0.2) is 48.5 Å². The summed E-state index contributed by atoms with van der Waals surface area (Å²) in [6, 6.07) is 15.4. The number of carbonyl (C=O) groups excluding carboxylic acids is 1. The quantitative estimate of drug-likeness (QED) is 0.607. The number of nitrogens with one attached hydrogen (secondary N) is 1. The van der Waals surface area contributed by atoms with Crippen LogP contribution in [0.1, 0.15) is 32.3 Å². The van der Waals surface area contributed by atoms with Gasteiger partial charge >= 0.3 is 0 Å². The van der Waals surface area contributed by atoms with Crippen LogP contribution in [0.4, 0.5) is 0 Å². The summed E-state index contributed by atoms with van der Waals surface area (Å²) in [5.74, 6) is 2.00. The number of para-hydroxylation sites is 3. The zero-order valence-electron chi connectivity index (χ0n) is 16.4. The van der Waals surface area contributed by atoms with Crippen LogP contribution in [0.25, 0.3) is 0 Å². The monoisotopic (exact) mass is 371 g/mol. The van der Waals surface area contributed by atoms with E-state index < -0.39 is 6.10 Å². The highest BCUT2D eigenvalue weighted by Gasteiger charge is 2.19. The molecule has 2 rings (SSSR count). The molecule has 0 aliphatic carbocycles. The van der Waals surface area contributed by atoms with Crippen LogP contribution in [-0.4, -0.2) is 32.3 Å². The Bertz CT molecular complexity index is 717. The summed E-state index contributed by atoms with van der Waals surface area (Å²) >= 11 is 0. The first kappa shape index (κ1) is 20.6. The Hall–Kier alpha value is -2.69. The molecule has 0 spiro atoms. The molecule has 0 radical (unpaired) electrons. The third-order valence-electron chi connectivity index (χ3n) is 4.20. The van der Waals surface area contributed by atoms with Gasteiger partial charge in [-0.25, -0.2) is 0 Å². The fourth-order valence-corrected chi connectivity index (χ4v) is 2.80. The highest BCUT2D eigenvalue weighted by Crippen LogP contribution is 2.27. The van der Waals surface area contributed by atoms with E-state index in [9.17, 15) is 4.79 Å². The number of carbonyl (C=O) groups is 1. The molecule has 0 bridgehead atoms. The average Bonchev–Trinajstić information content (AvgIpc) is 2.70. The third-order valence-corrected chi connectivity index (χ3v) is 4.20. The summed E-state index contributed by atoms with van der Waals surface area (Å²) in [4.78, 5) is 12.5. The van der Waals surface area contributed by atoms with Gasteiger partial charge in [-0.2, -0.15) is 0 Å². The number of hydrogen-bond donors (Lipinski definition) is 1. The second-order valence-electron chi connectivity index (χ2n) is 6.10. The normalized spacial score (nSPS) is 11.5. The predicted octanol–water partition coefficient (Wildman–Crippen LogP) is 4.00. The third kappa shape index (κ3) is 6.20. The second kappa shape index (κ2) is 11.1. The fraction of sp³-hybridized carbons (Fsp3) is 0.409. The Morgan fingerprint density at radius 1 is 1.00 bits per heavy atom. The lowest BCUT2D eigenvalue weighted by Crippen LogP contribution is -2.38. The molecule has 1 amide bonds. The SMILES string of the molecule is CCOc1ccccc1CCCNC(=O)[C@@H](CC)Oc1ccccc1OC. The topological polar surface area (TPSA) is 56.8 Å². The van der Waals surface area contributed by atoms with Crippen molar-refractivity contribution in [2.45, 2.75) is 39.2 Å². The van der Waals surface area contributed by atoms with E-state index in [1.165, 1.54) is 0 Å². The van der Waals surface area contributed by atoms with Crippen LogP contribution in [0.3, 0.4) is 0 Å². The van der Waals surface area contributed by atoms with Gasteiger partial charge in [0.25, 0.3) is 5.91 Å². The Morgan fingerprint density at radius 3 is 2.33 bits per heavy atom. The van der Waals surface area contributed by atoms with Gasteiger partial charge in [-0.3, -0.25) is 4.79 Å². The molecule has 0 aromatic heterocycles. The van der Waals surface area contributed by atoms with Gasteiger partial charge in [-0.15, -0.1) is 0 Å². The standard InChI is InChI=1S/C22H29NO4/c1-4-18(27-21-15-9-8-14-20(21)25-3)22(24)23-16-10-12-17-11-6-7-13-19(17)26-5-2/h6-9,11,13-15,18H,4-5,10,12,16H2,1-3H3,(H,23,24)/t18-/m1/s1. The molecule has 27 heavy (non-hydrogen) atoms. The highest BCUT2D eigenvalue weighted by molar-refractivity contribution is 5.81. The van der Waals surface area contributed by atoms with E-state index in [2.05, 4.69) is 11.4 Å². The lowest BCUT2D eigenvalue weighted by molar-refractivity contribution is -0.128. The lowest BCUT2D eigenvalue weighted by Gasteiger charge is -2.19. The van der Waals surface area contributed by atoms with E-state index in [0.717, 1.165) is 24.2 Å². The highest BCUT2D eigenvalue weighted by atomic mass is 16.5. The Balaban J connectivity index is 1.83. The summed E-state index contributed by atoms with van der Waals surface area (Å²) < 4.78 is 16.8. The molecule has 0 fully saturated rings. The molecule has 0 saturated heterocycles. The molecule has 0 unspecified atom stereocenters. The molecule has 0 aliphatic heterocycles. The summed E-state index contributed by atoms with van der Waals surface area (Å²) in [7, 11) is 1.59. The zero-order chi connectivity index (χ0) is 19.5. The van der Waals surface area contributed by atoms with Crippen LogP contribution < -0.4 is 19.5 Å². The average molecular weight is 371 g/mol. The van der Waals surface area contributed by atoms with E-state index in [4.69, 9.17) is 14.2 Å². The number of amides is 1. The van der Waals surface area contributed by atoms with Gasteiger partial charge in [0.1, 0.15) is 5.75 Å². The first-order valence-corrected chi connectivity index (χ1v) is 9.47. The van der Waals surface area contributed by atoms with Crippen LogP contribution >= 0.6 is 0 Å². The van der Waals surface area contributed by atoms with Gasteiger partial charge in [-0.1, -0.05) is 37.3 Å². The van der Waals surface area contributed by atoms with Crippen molar-refractivity contribution >= 4 is 5.91 Å². The number of methoxy groups -OCH3 is 1. The van der Waals surface area contributed by atoms with Gasteiger partial charge in [-0.05, 0) is 49.9 Å². The predicted molar refractivity (Wildman–Crippen MR) is 107 cm³/mol. The van der Waals surface area contributed by atoms with Crippen molar-refractivity contribution in [2.24, 2.45) is 0 Å². The molecule has 5 nitrogen and oxygen atoms in total. The van der Waals surface area contributed by atoms with Gasteiger partial charge in [0.15, 0.2) is 17.6 Å². The molecule has 2 aromatic carbocycles. The summed E-state index contributed by atoms with van der Waals surface area (Å²) in [6.07, 6.45) is 1.72. The largest absolute Gasteiger partial charge is 0.494 e. The summed E-state index contributed by atoms with van der Waals surface area (Å²) in [5, 5.41) is 2.97. The molecule has 5 heteroatoms. The van der Waals surface area contributed by atoms with Crippen LogP contribution in [-0.2, 0) is 11.2 Å². The van der Waals surface area contributed by atoms with Crippen molar-refractivity contribution < 1.29 is 19.0 Å². The molecule has 2 aromatic rings. The molecule has 1 atom stereocenters. The first-order valence-electron chi connectivity index (χ1n) is 9.47. The first-order chi connectivity index (χ1) is 13.2. The smallest absolute Gasteiger partial charge is 0.261 e. The van der Waals surface area contributed by atoms with Crippen molar-refractivity contribution in [1.82, 2.24) is 5.32 Å². The zero-order valence-corrected chi connectivity index (χ0v) is 16.4. The van der Waals surface area contributed by atoms with Gasteiger partial charge in [0.05, 0.1) is 13.7 Å². The maximum atomic E-state index is 12.5. The van der Waals surface area contributed by atoms with E-state index in [1.807, 2.05) is 50.2 Å². The van der Waals surface area contributed by atoms with Crippen molar-refractivity contribution in [1.29, 1.82) is 0 Å². The summed E-state index contributed by atoms with van der Waals surface area (Å²) in [6.45, 7) is 5.14. The van der Waals surface area contributed by atoms with E-state index >= 15 is 0 Å². The van der Waals surface area contributed by atoms with Crippen molar-refractivity contribution in [3.05, 3.63) is 54.1 Å².